The Hall–Kier alpha value is -0.0800. The summed E-state index contributed by atoms with van der Waals surface area (Å²) < 4.78 is 0. The van der Waals surface area contributed by atoms with Gasteiger partial charge in [-0.15, -0.1) is 0 Å². The van der Waals surface area contributed by atoms with Gasteiger partial charge in [-0.25, -0.2) is 0 Å². The molecule has 3 N–H and O–H groups in total. The highest BCUT2D eigenvalue weighted by Gasteiger charge is 2.31. The molecule has 0 spiro atoms. The number of nitrogens with two attached hydrogens (primary N) is 1. The van der Waals surface area contributed by atoms with Crippen molar-refractivity contribution < 1.29 is 4.90 Å². The Bertz CT molecular complexity index is 217. The molecule has 2 rings (SSSR count). The molecule has 94 valence electrons. The molecule has 1 aliphatic heterocycles. The minimum absolute atomic E-state index is 0.415. The summed E-state index contributed by atoms with van der Waals surface area (Å²) in [6.45, 7) is 7.45. The van der Waals surface area contributed by atoms with Crippen LogP contribution in [0, 0.1) is 17.8 Å². The number of nitrogens with one attached hydrogen (secondary N) is 1. The van der Waals surface area contributed by atoms with E-state index in [0.717, 1.165) is 17.8 Å². The lowest BCUT2D eigenvalue weighted by atomic mass is 9.79. The largest absolute Gasteiger partial charge is 0.320 e. The normalized spacial score (nSPS) is 45.6. The van der Waals surface area contributed by atoms with Gasteiger partial charge in [-0.05, 0) is 24.7 Å². The maximum Gasteiger partial charge on any atom is 0.139 e. The number of rotatable bonds is 2. The minimum Gasteiger partial charge on any atom is -0.320 e. The van der Waals surface area contributed by atoms with Gasteiger partial charge < -0.3 is 4.90 Å². The molecule has 1 saturated heterocycles. The molecule has 0 amide bonds. The zero-order valence-corrected chi connectivity index (χ0v) is 11.0. The first kappa shape index (κ1) is 12.4. The van der Waals surface area contributed by atoms with Crippen molar-refractivity contribution in [1.29, 1.82) is 0 Å². The van der Waals surface area contributed by atoms with E-state index < -0.39 is 0 Å². The van der Waals surface area contributed by atoms with Gasteiger partial charge in [-0.1, -0.05) is 33.1 Å². The lowest BCUT2D eigenvalue weighted by molar-refractivity contribution is -0.935. The summed E-state index contributed by atoms with van der Waals surface area (Å²) in [4.78, 5) is 1.69. The second-order valence-corrected chi connectivity index (χ2v) is 6.37. The molecule has 0 aromatic carbocycles. The van der Waals surface area contributed by atoms with Crippen LogP contribution in [0.1, 0.15) is 52.4 Å². The Kier molecular flexibility index (Phi) is 4.26. The third-order valence-electron chi connectivity index (χ3n) is 4.95. The molecule has 16 heavy (non-hydrogen) atoms. The molecule has 5 unspecified atom stereocenters. The first-order chi connectivity index (χ1) is 7.66. The van der Waals surface area contributed by atoms with Crippen molar-refractivity contribution in [2.45, 2.75) is 58.5 Å². The van der Waals surface area contributed by atoms with E-state index in [1.165, 1.54) is 51.6 Å². The summed E-state index contributed by atoms with van der Waals surface area (Å²) in [7, 11) is 0. The standard InChI is InChI=1S/C14H28N2/c1-11-7-8-16(14(15)9-11)10-13-6-4-3-5-12(13)2/h11-14H,3-10,15H2,1-2H3/p+1. The van der Waals surface area contributed by atoms with Crippen molar-refractivity contribution in [3.05, 3.63) is 0 Å². The van der Waals surface area contributed by atoms with Crippen LogP contribution in [-0.4, -0.2) is 19.3 Å². The van der Waals surface area contributed by atoms with E-state index in [1.807, 2.05) is 0 Å². The average molecular weight is 225 g/mol. The smallest absolute Gasteiger partial charge is 0.139 e. The maximum atomic E-state index is 6.29. The van der Waals surface area contributed by atoms with Crippen molar-refractivity contribution in [1.82, 2.24) is 0 Å². The predicted octanol–water partition coefficient (Wildman–Crippen LogP) is 1.41. The number of piperidine rings is 1. The van der Waals surface area contributed by atoms with Gasteiger partial charge in [-0.3, -0.25) is 5.73 Å². The molecule has 0 radical (unpaired) electrons. The fraction of sp³-hybridized carbons (Fsp3) is 1.00. The fourth-order valence-corrected chi connectivity index (χ4v) is 3.62. The number of likely N-dealkylation sites (tertiary alicyclic amines) is 1. The molecule has 1 aliphatic carbocycles. The highest BCUT2D eigenvalue weighted by atomic mass is 15.2. The van der Waals surface area contributed by atoms with Gasteiger partial charge in [0.1, 0.15) is 6.17 Å². The van der Waals surface area contributed by atoms with E-state index in [2.05, 4.69) is 13.8 Å². The van der Waals surface area contributed by atoms with Gasteiger partial charge in [0.2, 0.25) is 0 Å². The number of quaternary nitrogens is 1. The average Bonchev–Trinajstić information content (AvgIpc) is 2.25. The van der Waals surface area contributed by atoms with Gasteiger partial charge in [-0.2, -0.15) is 0 Å². The van der Waals surface area contributed by atoms with Gasteiger partial charge in [0, 0.05) is 12.3 Å². The third-order valence-corrected chi connectivity index (χ3v) is 4.95. The molecule has 5 atom stereocenters. The van der Waals surface area contributed by atoms with Crippen molar-refractivity contribution in [2.75, 3.05) is 13.1 Å². The predicted molar refractivity (Wildman–Crippen MR) is 68.2 cm³/mol. The molecular weight excluding hydrogens is 196 g/mol. The molecule has 1 saturated carbocycles. The highest BCUT2D eigenvalue weighted by molar-refractivity contribution is 4.72. The summed E-state index contributed by atoms with van der Waals surface area (Å²) in [5.41, 5.74) is 6.29. The quantitative estimate of drug-likeness (QED) is 0.731. The van der Waals surface area contributed by atoms with Crippen LogP contribution in [0.2, 0.25) is 0 Å². The maximum absolute atomic E-state index is 6.29. The molecule has 0 aromatic rings. The molecular formula is C14H29N2+. The SMILES string of the molecule is CC1CC[NH+](CC2CCCCC2C)C(N)C1. The van der Waals surface area contributed by atoms with Crippen LogP contribution in [0.25, 0.3) is 0 Å². The molecule has 2 heteroatoms. The Morgan fingerprint density at radius 2 is 1.88 bits per heavy atom. The minimum atomic E-state index is 0.415. The van der Waals surface area contributed by atoms with Crippen molar-refractivity contribution >= 4 is 0 Å². The van der Waals surface area contributed by atoms with Crippen LogP contribution in [0.5, 0.6) is 0 Å². The number of hydrogen-bond acceptors (Lipinski definition) is 1. The van der Waals surface area contributed by atoms with Crippen LogP contribution in [0.15, 0.2) is 0 Å². The Labute approximate surface area is 101 Å². The second kappa shape index (κ2) is 5.50. The Morgan fingerprint density at radius 3 is 2.56 bits per heavy atom. The van der Waals surface area contributed by atoms with E-state index in [0.29, 0.717) is 6.17 Å². The first-order valence-electron chi connectivity index (χ1n) is 7.27. The van der Waals surface area contributed by atoms with Gasteiger partial charge in [0.05, 0.1) is 13.1 Å². The van der Waals surface area contributed by atoms with E-state index in [1.54, 1.807) is 4.90 Å². The van der Waals surface area contributed by atoms with Crippen LogP contribution >= 0.6 is 0 Å². The summed E-state index contributed by atoms with van der Waals surface area (Å²) in [6, 6.07) is 0. The van der Waals surface area contributed by atoms with Crippen molar-refractivity contribution in [2.24, 2.45) is 23.5 Å². The topological polar surface area (TPSA) is 30.5 Å². The molecule has 2 nitrogen and oxygen atoms in total. The summed E-state index contributed by atoms with van der Waals surface area (Å²) >= 11 is 0. The van der Waals surface area contributed by atoms with E-state index >= 15 is 0 Å². The Balaban J connectivity index is 1.83. The van der Waals surface area contributed by atoms with Gasteiger partial charge in [0.25, 0.3) is 0 Å². The molecule has 2 fully saturated rings. The van der Waals surface area contributed by atoms with E-state index in [9.17, 15) is 0 Å². The van der Waals surface area contributed by atoms with E-state index in [4.69, 9.17) is 5.73 Å². The molecule has 0 aromatic heterocycles. The third kappa shape index (κ3) is 2.98. The van der Waals surface area contributed by atoms with Gasteiger partial charge >= 0.3 is 0 Å². The first-order valence-corrected chi connectivity index (χ1v) is 7.27. The zero-order chi connectivity index (χ0) is 11.5. The van der Waals surface area contributed by atoms with Gasteiger partial charge in [0.15, 0.2) is 0 Å². The zero-order valence-electron chi connectivity index (χ0n) is 11.0. The monoisotopic (exact) mass is 225 g/mol. The fourth-order valence-electron chi connectivity index (χ4n) is 3.62. The summed E-state index contributed by atoms with van der Waals surface area (Å²) in [6.07, 6.45) is 8.83. The summed E-state index contributed by atoms with van der Waals surface area (Å²) in [5.74, 6) is 2.73. The number of hydrogen-bond donors (Lipinski definition) is 2. The molecule has 2 aliphatic rings. The second-order valence-electron chi connectivity index (χ2n) is 6.37. The highest BCUT2D eigenvalue weighted by Crippen LogP contribution is 2.28. The van der Waals surface area contributed by atoms with Crippen LogP contribution in [0.4, 0.5) is 0 Å². The van der Waals surface area contributed by atoms with Crippen molar-refractivity contribution in [3.8, 4) is 0 Å². The Morgan fingerprint density at radius 1 is 1.12 bits per heavy atom. The van der Waals surface area contributed by atoms with Crippen LogP contribution < -0.4 is 10.6 Å². The van der Waals surface area contributed by atoms with E-state index in [-0.39, 0.29) is 0 Å². The summed E-state index contributed by atoms with van der Waals surface area (Å²) in [5, 5.41) is 0. The lowest BCUT2D eigenvalue weighted by Gasteiger charge is -2.38. The van der Waals surface area contributed by atoms with Crippen LogP contribution in [0.3, 0.4) is 0 Å². The lowest BCUT2D eigenvalue weighted by Crippen LogP contribution is -3.19. The van der Waals surface area contributed by atoms with Crippen LogP contribution in [-0.2, 0) is 0 Å². The van der Waals surface area contributed by atoms with Crippen molar-refractivity contribution in [3.63, 3.8) is 0 Å². The molecule has 1 heterocycles. The molecule has 0 bridgehead atoms.